The van der Waals surface area contributed by atoms with E-state index in [-0.39, 0.29) is 25.7 Å². The van der Waals surface area contributed by atoms with Gasteiger partial charge in [0.1, 0.15) is 19.3 Å². The molecule has 0 bridgehead atoms. The Kier molecular flexibility index (Phi) is 77.3. The van der Waals surface area contributed by atoms with Gasteiger partial charge >= 0.3 is 39.5 Å². The van der Waals surface area contributed by atoms with E-state index in [0.29, 0.717) is 25.7 Å². The number of unbranched alkanes of at least 4 members (excludes halogenated alkanes) is 58. The number of carbonyl (C=O) groups is 4. The third-order valence-electron chi connectivity index (χ3n) is 20.3. The molecule has 17 nitrogen and oxygen atoms in total. The highest BCUT2D eigenvalue weighted by molar-refractivity contribution is 7.47. The average molecular weight is 1540 g/mol. The summed E-state index contributed by atoms with van der Waals surface area (Å²) < 4.78 is 68.9. The number of phosphoric acid groups is 2. The molecule has 0 aliphatic rings. The van der Waals surface area contributed by atoms with Crippen molar-refractivity contribution in [2.45, 2.75) is 483 Å². The average Bonchev–Trinajstić information content (AvgIpc) is 0.911. The fraction of sp³-hybridized carbons (Fsp3) is 0.953. The molecular formula is C86H168O17P2. The van der Waals surface area contributed by atoms with Crippen LogP contribution in [-0.2, 0) is 65.4 Å². The number of phosphoric ester groups is 2. The zero-order chi connectivity index (χ0) is 76.9. The van der Waals surface area contributed by atoms with E-state index in [1.807, 2.05) is 0 Å². The molecule has 0 aliphatic carbocycles. The van der Waals surface area contributed by atoms with Crippen LogP contribution in [0.1, 0.15) is 465 Å². The number of hydrogen-bond donors (Lipinski definition) is 3. The van der Waals surface area contributed by atoms with Crippen LogP contribution in [0.5, 0.6) is 0 Å². The number of aliphatic hydroxyl groups is 1. The molecule has 0 aromatic heterocycles. The van der Waals surface area contributed by atoms with E-state index in [4.69, 9.17) is 37.0 Å². The maximum atomic E-state index is 13.1. The van der Waals surface area contributed by atoms with Crippen molar-refractivity contribution in [1.29, 1.82) is 0 Å². The smallest absolute Gasteiger partial charge is 0.462 e. The first-order valence-corrected chi connectivity index (χ1v) is 47.6. The van der Waals surface area contributed by atoms with E-state index in [1.54, 1.807) is 0 Å². The number of esters is 4. The Balaban J connectivity index is 5.26. The Bertz CT molecular complexity index is 2000. The van der Waals surface area contributed by atoms with Crippen molar-refractivity contribution in [3.8, 4) is 0 Å². The summed E-state index contributed by atoms with van der Waals surface area (Å²) >= 11 is 0. The maximum absolute atomic E-state index is 13.1. The highest BCUT2D eigenvalue weighted by atomic mass is 31.2. The van der Waals surface area contributed by atoms with Crippen LogP contribution in [0.3, 0.4) is 0 Å². The number of hydrogen-bond acceptors (Lipinski definition) is 15. The second kappa shape index (κ2) is 78.7. The molecule has 5 atom stereocenters. The van der Waals surface area contributed by atoms with Crippen molar-refractivity contribution in [3.63, 3.8) is 0 Å². The van der Waals surface area contributed by atoms with Crippen LogP contribution >= 0.6 is 15.6 Å². The molecule has 0 saturated heterocycles. The van der Waals surface area contributed by atoms with Gasteiger partial charge in [-0.05, 0) is 31.6 Å². The van der Waals surface area contributed by atoms with Crippen molar-refractivity contribution in [2.75, 3.05) is 39.6 Å². The summed E-state index contributed by atoms with van der Waals surface area (Å²) in [6.07, 6.45) is 72.0. The molecule has 0 saturated carbocycles. The third kappa shape index (κ3) is 79.9. The van der Waals surface area contributed by atoms with E-state index in [0.717, 1.165) is 95.8 Å². The lowest BCUT2D eigenvalue weighted by molar-refractivity contribution is -0.161. The van der Waals surface area contributed by atoms with Gasteiger partial charge in [0.2, 0.25) is 0 Å². The molecule has 105 heavy (non-hydrogen) atoms. The first-order valence-electron chi connectivity index (χ1n) is 44.6. The molecule has 624 valence electrons. The lowest BCUT2D eigenvalue weighted by Crippen LogP contribution is -2.30. The highest BCUT2D eigenvalue weighted by Gasteiger charge is 2.30. The molecule has 0 heterocycles. The van der Waals surface area contributed by atoms with E-state index in [1.165, 1.54) is 289 Å². The fourth-order valence-electron chi connectivity index (χ4n) is 13.5. The van der Waals surface area contributed by atoms with Crippen molar-refractivity contribution in [3.05, 3.63) is 0 Å². The van der Waals surface area contributed by atoms with Gasteiger partial charge < -0.3 is 33.8 Å². The standard InChI is InChI=1S/C86H168O17P2/c1-6-9-12-15-18-21-24-27-29-30-31-32-36-42-47-52-57-62-67-72-86(91)103-82(76-97-84(89)70-65-60-55-50-45-40-37-33-35-39-43-48-53-58-63-68-79(4)5)78-101-105(94,95)99-74-80(87)73-98-104(92,93)100-77-81(75-96-83(88)69-64-59-54-49-44-38-26-23-20-17-14-11-8-3)102-85(90)71-66-61-56-51-46-41-34-28-25-22-19-16-13-10-7-2/h79-82,87H,6-78H2,1-5H3,(H,92,93)(H,94,95)/t80-,81+,82+/m0/s1. The van der Waals surface area contributed by atoms with Gasteiger partial charge in [-0.15, -0.1) is 0 Å². The fourth-order valence-corrected chi connectivity index (χ4v) is 15.1. The lowest BCUT2D eigenvalue weighted by atomic mass is 10.0. The Morgan fingerprint density at radius 3 is 0.648 bits per heavy atom. The quantitative estimate of drug-likeness (QED) is 0.0222. The summed E-state index contributed by atoms with van der Waals surface area (Å²) in [5.74, 6) is -1.29. The van der Waals surface area contributed by atoms with Crippen LogP contribution in [0.4, 0.5) is 0 Å². The Morgan fingerprint density at radius 2 is 0.438 bits per heavy atom. The van der Waals surface area contributed by atoms with Crippen LogP contribution in [0.15, 0.2) is 0 Å². The predicted molar refractivity (Wildman–Crippen MR) is 432 cm³/mol. The summed E-state index contributed by atoms with van der Waals surface area (Å²) in [7, 11) is -9.93. The molecule has 0 amide bonds. The van der Waals surface area contributed by atoms with Gasteiger partial charge in [0, 0.05) is 25.7 Å². The molecule has 0 aliphatic heterocycles. The van der Waals surface area contributed by atoms with Crippen LogP contribution < -0.4 is 0 Å². The van der Waals surface area contributed by atoms with E-state index in [9.17, 15) is 43.2 Å². The van der Waals surface area contributed by atoms with E-state index < -0.39 is 97.5 Å². The molecule has 0 rings (SSSR count). The topological polar surface area (TPSA) is 237 Å². The largest absolute Gasteiger partial charge is 0.472 e. The summed E-state index contributed by atoms with van der Waals surface area (Å²) in [4.78, 5) is 73.3. The van der Waals surface area contributed by atoms with Crippen LogP contribution in [0.2, 0.25) is 0 Å². The van der Waals surface area contributed by atoms with Gasteiger partial charge in [-0.2, -0.15) is 0 Å². The number of rotatable bonds is 86. The number of aliphatic hydroxyl groups excluding tert-OH is 1. The van der Waals surface area contributed by atoms with Crippen LogP contribution in [-0.4, -0.2) is 96.7 Å². The summed E-state index contributed by atoms with van der Waals surface area (Å²) in [5.41, 5.74) is 0. The first-order chi connectivity index (χ1) is 51.0. The minimum absolute atomic E-state index is 0.109. The summed E-state index contributed by atoms with van der Waals surface area (Å²) in [5, 5.41) is 10.7. The van der Waals surface area contributed by atoms with E-state index in [2.05, 4.69) is 34.6 Å². The lowest BCUT2D eigenvalue weighted by Gasteiger charge is -2.21. The summed E-state index contributed by atoms with van der Waals surface area (Å²) in [6, 6.07) is 0. The summed E-state index contributed by atoms with van der Waals surface area (Å²) in [6.45, 7) is 7.40. The molecule has 0 aromatic carbocycles. The highest BCUT2D eigenvalue weighted by Crippen LogP contribution is 2.45. The minimum atomic E-state index is -4.97. The van der Waals surface area contributed by atoms with Gasteiger partial charge in [-0.25, -0.2) is 9.13 Å². The molecule has 2 unspecified atom stereocenters. The first kappa shape index (κ1) is 103. The Hall–Kier alpha value is -1.94. The van der Waals surface area contributed by atoms with Gasteiger partial charge in [-0.1, -0.05) is 413 Å². The molecule has 0 aromatic rings. The molecule has 19 heteroatoms. The van der Waals surface area contributed by atoms with E-state index >= 15 is 0 Å². The molecule has 0 fully saturated rings. The number of ether oxygens (including phenoxy) is 4. The monoisotopic (exact) mass is 1540 g/mol. The Labute approximate surface area is 645 Å². The predicted octanol–water partition coefficient (Wildman–Crippen LogP) is 26.4. The van der Waals surface area contributed by atoms with Crippen molar-refractivity contribution >= 4 is 39.5 Å². The minimum Gasteiger partial charge on any atom is -0.462 e. The van der Waals surface area contributed by atoms with Gasteiger partial charge in [-0.3, -0.25) is 37.3 Å². The molecule has 0 spiro atoms. The van der Waals surface area contributed by atoms with Crippen LogP contribution in [0, 0.1) is 5.92 Å². The maximum Gasteiger partial charge on any atom is 0.472 e. The van der Waals surface area contributed by atoms with Crippen LogP contribution in [0.25, 0.3) is 0 Å². The second-order valence-electron chi connectivity index (χ2n) is 31.4. The zero-order valence-corrected chi connectivity index (χ0v) is 70.7. The zero-order valence-electron chi connectivity index (χ0n) is 68.9. The van der Waals surface area contributed by atoms with Crippen molar-refractivity contribution < 1.29 is 80.2 Å². The molecular weight excluding hydrogens is 1370 g/mol. The molecule has 0 radical (unpaired) electrons. The second-order valence-corrected chi connectivity index (χ2v) is 34.3. The van der Waals surface area contributed by atoms with Crippen molar-refractivity contribution in [2.24, 2.45) is 5.92 Å². The van der Waals surface area contributed by atoms with Crippen molar-refractivity contribution in [1.82, 2.24) is 0 Å². The van der Waals surface area contributed by atoms with Gasteiger partial charge in [0.15, 0.2) is 12.2 Å². The SMILES string of the molecule is CCCCCCCCCCCCCCCCCCCCCC(=O)O[C@H](COC(=O)CCCCCCCCCCCCCCCCCC(C)C)COP(=O)(O)OC[C@@H](O)COP(=O)(O)OC[C@@H](COC(=O)CCCCCCCCCCCCCCC)OC(=O)CCCCCCCCCCCCCCCCC. The number of carbonyl (C=O) groups excluding carboxylic acids is 4. The van der Waals surface area contributed by atoms with Gasteiger partial charge in [0.05, 0.1) is 26.4 Å². The normalized spacial score (nSPS) is 13.8. The Morgan fingerprint density at radius 1 is 0.257 bits per heavy atom. The van der Waals surface area contributed by atoms with Gasteiger partial charge in [0.25, 0.3) is 0 Å². The third-order valence-corrected chi connectivity index (χ3v) is 22.2. The molecule has 3 N–H and O–H groups in total.